The fourth-order valence-electron chi connectivity index (χ4n) is 9.34. The highest BCUT2D eigenvalue weighted by atomic mass is 15.3. The quantitative estimate of drug-likeness (QED) is 0.192. The fraction of sp³-hybridized carbons (Fsp3) is 0.125. The van der Waals surface area contributed by atoms with E-state index >= 15 is 0 Å². The van der Waals surface area contributed by atoms with E-state index in [0.29, 0.717) is 0 Å². The Hall–Kier alpha value is -5.15. The first-order valence-corrected chi connectivity index (χ1v) is 15.4. The van der Waals surface area contributed by atoms with Crippen LogP contribution in [0, 0.1) is 0 Å². The van der Waals surface area contributed by atoms with E-state index < -0.39 is 0 Å². The number of hydrogen-bond donors (Lipinski definition) is 0. The van der Waals surface area contributed by atoms with Crippen LogP contribution in [0.5, 0.6) is 0 Å². The molecule has 5 aliphatic rings. The Morgan fingerprint density at radius 2 is 1.35 bits per heavy atom. The Bertz CT molecular complexity index is 2180. The van der Waals surface area contributed by atoms with Gasteiger partial charge in [-0.3, -0.25) is 0 Å². The van der Waals surface area contributed by atoms with Gasteiger partial charge in [0.05, 0.1) is 40.7 Å². The van der Waals surface area contributed by atoms with E-state index in [-0.39, 0.29) is 11.5 Å². The second-order valence-electron chi connectivity index (χ2n) is 12.7. The van der Waals surface area contributed by atoms with E-state index in [1.807, 2.05) is 0 Å². The molecule has 0 fully saturated rings. The summed E-state index contributed by atoms with van der Waals surface area (Å²) in [5.74, 6) is 0.214. The van der Waals surface area contributed by atoms with Crippen molar-refractivity contribution in [2.45, 2.75) is 24.3 Å². The van der Waals surface area contributed by atoms with Gasteiger partial charge >= 0.3 is 0 Å². The number of hydrogen-bond acceptors (Lipinski definition) is 2. The Morgan fingerprint density at radius 1 is 0.605 bits per heavy atom. The van der Waals surface area contributed by atoms with Crippen LogP contribution in [0.1, 0.15) is 56.1 Å². The summed E-state index contributed by atoms with van der Waals surface area (Å²) in [7, 11) is 0. The van der Waals surface area contributed by atoms with Crippen LogP contribution in [-0.2, 0) is 18.4 Å². The van der Waals surface area contributed by atoms with E-state index in [4.69, 9.17) is 0 Å². The lowest BCUT2D eigenvalue weighted by atomic mass is 9.63. The molecule has 5 aromatic carbocycles. The van der Waals surface area contributed by atoms with Crippen LogP contribution >= 0.6 is 0 Å². The van der Waals surface area contributed by atoms with E-state index in [1.54, 1.807) is 5.56 Å². The molecule has 5 heterocycles. The second kappa shape index (κ2) is 7.62. The molecule has 0 saturated heterocycles. The first-order valence-electron chi connectivity index (χ1n) is 15.4. The highest BCUT2D eigenvalue weighted by Crippen LogP contribution is 2.65. The summed E-state index contributed by atoms with van der Waals surface area (Å²) in [5, 5.41) is 0. The maximum Gasteiger partial charge on any atom is 0.242 e. The van der Waals surface area contributed by atoms with Crippen LogP contribution in [0.3, 0.4) is 0 Å². The smallest absolute Gasteiger partial charge is 0.242 e. The average molecular weight is 551 g/mol. The zero-order chi connectivity index (χ0) is 27.9. The summed E-state index contributed by atoms with van der Waals surface area (Å²) in [5.41, 5.74) is 19.5. The minimum atomic E-state index is -0.334. The summed E-state index contributed by atoms with van der Waals surface area (Å²) in [6, 6.07) is 45.7. The predicted molar refractivity (Wildman–Crippen MR) is 170 cm³/mol. The summed E-state index contributed by atoms with van der Waals surface area (Å²) in [6.07, 6.45) is 4.33. The Morgan fingerprint density at radius 3 is 2.28 bits per heavy atom. The van der Waals surface area contributed by atoms with Gasteiger partial charge < -0.3 is 9.80 Å². The number of benzene rings is 5. The van der Waals surface area contributed by atoms with Gasteiger partial charge in [-0.25, -0.2) is 0 Å². The van der Waals surface area contributed by atoms with Crippen LogP contribution in [0.15, 0.2) is 128 Å². The van der Waals surface area contributed by atoms with Crippen LogP contribution in [-0.4, -0.2) is 6.54 Å². The number of aromatic nitrogens is 1. The molecule has 6 aromatic rings. The summed E-state index contributed by atoms with van der Waals surface area (Å²) < 4.78 is 2.68. The molecule has 202 valence electrons. The van der Waals surface area contributed by atoms with Crippen molar-refractivity contribution in [2.24, 2.45) is 0 Å². The molecule has 11 rings (SSSR count). The Balaban J connectivity index is 1.34. The SMILES string of the molecule is c1ccc(N2CC34c5c2cccc5N2c5ccccc5Cc5cc6c(c3c52)C(c2ccccc2C6)c2cccc[n+]24)cc1. The van der Waals surface area contributed by atoms with Gasteiger partial charge in [-0.2, -0.15) is 4.57 Å². The van der Waals surface area contributed by atoms with Crippen LogP contribution in [0.4, 0.5) is 28.4 Å². The zero-order valence-electron chi connectivity index (χ0n) is 23.7. The van der Waals surface area contributed by atoms with Gasteiger partial charge in [0, 0.05) is 29.9 Å². The topological polar surface area (TPSA) is 10.4 Å². The average Bonchev–Trinajstić information content (AvgIpc) is 3.42. The van der Waals surface area contributed by atoms with Crippen LogP contribution < -0.4 is 14.4 Å². The van der Waals surface area contributed by atoms with Gasteiger partial charge in [-0.1, -0.05) is 78.9 Å². The monoisotopic (exact) mass is 550 g/mol. The number of anilines is 5. The largest absolute Gasteiger partial charge is 0.333 e. The normalized spacial score (nSPS) is 20.5. The van der Waals surface area contributed by atoms with Crippen LogP contribution in [0.2, 0.25) is 0 Å². The highest BCUT2D eigenvalue weighted by Gasteiger charge is 2.64. The molecule has 4 aliphatic heterocycles. The van der Waals surface area contributed by atoms with Crippen molar-refractivity contribution in [3.8, 4) is 0 Å². The lowest BCUT2D eigenvalue weighted by Crippen LogP contribution is -2.66. The second-order valence-corrected chi connectivity index (χ2v) is 12.7. The van der Waals surface area contributed by atoms with E-state index in [0.717, 1.165) is 19.4 Å². The minimum Gasteiger partial charge on any atom is -0.333 e. The fourth-order valence-corrected chi connectivity index (χ4v) is 9.34. The maximum absolute atomic E-state index is 2.68. The maximum atomic E-state index is 2.68. The van der Waals surface area contributed by atoms with E-state index in [1.165, 1.54) is 73.1 Å². The van der Waals surface area contributed by atoms with Gasteiger partial charge in [-0.15, -0.1) is 0 Å². The molecule has 1 aliphatic carbocycles. The van der Waals surface area contributed by atoms with Crippen molar-refractivity contribution in [3.63, 3.8) is 0 Å². The molecule has 2 atom stereocenters. The molecule has 1 aromatic heterocycles. The van der Waals surface area contributed by atoms with Crippen molar-refractivity contribution in [1.29, 1.82) is 0 Å². The molecule has 1 spiro atoms. The Kier molecular flexibility index (Phi) is 3.98. The molecule has 0 saturated carbocycles. The summed E-state index contributed by atoms with van der Waals surface area (Å²) in [6.45, 7) is 0.873. The van der Waals surface area contributed by atoms with Gasteiger partial charge in [0.15, 0.2) is 11.9 Å². The van der Waals surface area contributed by atoms with Gasteiger partial charge in [-0.05, 0) is 70.1 Å². The van der Waals surface area contributed by atoms with Gasteiger partial charge in [0.2, 0.25) is 5.54 Å². The van der Waals surface area contributed by atoms with Crippen LogP contribution in [0.25, 0.3) is 0 Å². The first-order chi connectivity index (χ1) is 21.3. The number of rotatable bonds is 1. The third-order valence-electron chi connectivity index (χ3n) is 10.8. The zero-order valence-corrected chi connectivity index (χ0v) is 23.7. The summed E-state index contributed by atoms with van der Waals surface area (Å²) in [4.78, 5) is 5.21. The van der Waals surface area contributed by atoms with Crippen molar-refractivity contribution >= 4 is 28.4 Å². The third kappa shape index (κ3) is 2.54. The number of pyridine rings is 1. The highest BCUT2D eigenvalue weighted by molar-refractivity contribution is 5.97. The predicted octanol–water partition coefficient (Wildman–Crippen LogP) is 8.00. The van der Waals surface area contributed by atoms with Gasteiger partial charge in [0.1, 0.15) is 0 Å². The van der Waals surface area contributed by atoms with Gasteiger partial charge in [0.25, 0.3) is 0 Å². The molecule has 2 unspecified atom stereocenters. The molecular weight excluding hydrogens is 522 g/mol. The Labute approximate surface area is 250 Å². The molecule has 3 nitrogen and oxygen atoms in total. The molecule has 0 radical (unpaired) electrons. The number of nitrogens with zero attached hydrogens (tertiary/aromatic N) is 3. The van der Waals surface area contributed by atoms with Crippen molar-refractivity contribution < 1.29 is 4.57 Å². The summed E-state index contributed by atoms with van der Waals surface area (Å²) >= 11 is 0. The standard InChI is InChI=1S/C40H28N3/c1-2-13-29(14-3-1)41-24-40-37-33(41)18-10-19-34(37)43-31-16-7-5-12-26(31)22-28-23-27-21-25-11-4-6-15-30(25)36(35(27)38(40)39(28)43)32-17-8-9-20-42(32)40/h1-20,23,36H,21-22,24H2/q+1. The molecule has 43 heavy (non-hydrogen) atoms. The van der Waals surface area contributed by atoms with Crippen molar-refractivity contribution in [1.82, 2.24) is 0 Å². The lowest BCUT2D eigenvalue weighted by Gasteiger charge is -2.48. The molecule has 0 N–H and O–H groups in total. The molecule has 0 bridgehead atoms. The number of fused-ring (bicyclic) bond motifs is 7. The van der Waals surface area contributed by atoms with E-state index in [9.17, 15) is 0 Å². The first kappa shape index (κ1) is 22.4. The molecule has 3 heteroatoms. The third-order valence-corrected chi connectivity index (χ3v) is 10.8. The number of para-hydroxylation sites is 2. The minimum absolute atomic E-state index is 0.214. The lowest BCUT2D eigenvalue weighted by molar-refractivity contribution is -0.749. The molecular formula is C40H28N3+. The van der Waals surface area contributed by atoms with Crippen molar-refractivity contribution in [3.05, 3.63) is 178 Å². The van der Waals surface area contributed by atoms with Crippen molar-refractivity contribution in [2.75, 3.05) is 16.3 Å². The molecule has 0 amide bonds. The van der Waals surface area contributed by atoms with E-state index in [2.05, 4.69) is 142 Å².